The lowest BCUT2D eigenvalue weighted by atomic mass is 10.1. The summed E-state index contributed by atoms with van der Waals surface area (Å²) in [4.78, 5) is 8.58. The predicted octanol–water partition coefficient (Wildman–Crippen LogP) is 2.95. The van der Waals surface area contributed by atoms with Crippen molar-refractivity contribution in [3.05, 3.63) is 10.6 Å². The van der Waals surface area contributed by atoms with Crippen molar-refractivity contribution in [1.82, 2.24) is 10.3 Å². The Morgan fingerprint density at radius 3 is 2.90 bits per heavy atom. The molecule has 1 aliphatic heterocycles. The molecule has 5 heteroatoms. The first-order chi connectivity index (χ1) is 9.51. The third-order valence-electron chi connectivity index (χ3n) is 3.74. The maximum Gasteiger partial charge on any atom is 0.186 e. The highest BCUT2D eigenvalue weighted by atomic mass is 32.1. The van der Waals surface area contributed by atoms with Crippen LogP contribution in [0.15, 0.2) is 0 Å². The molecule has 1 aromatic rings. The fraction of sp³-hybridized carbons (Fsp3) is 0.800. The minimum atomic E-state index is 0.291. The maximum absolute atomic E-state index is 5.77. The van der Waals surface area contributed by atoms with E-state index in [1.807, 2.05) is 11.3 Å². The van der Waals surface area contributed by atoms with Gasteiger partial charge in [0.2, 0.25) is 0 Å². The molecule has 1 aromatic heterocycles. The molecule has 0 radical (unpaired) electrons. The van der Waals surface area contributed by atoms with Gasteiger partial charge in [-0.3, -0.25) is 0 Å². The molecule has 0 aliphatic carbocycles. The van der Waals surface area contributed by atoms with E-state index >= 15 is 0 Å². The van der Waals surface area contributed by atoms with Gasteiger partial charge in [0.05, 0.1) is 24.4 Å². The predicted molar refractivity (Wildman–Crippen MR) is 85.7 cm³/mol. The fourth-order valence-electron chi connectivity index (χ4n) is 2.41. The van der Waals surface area contributed by atoms with Crippen molar-refractivity contribution in [2.45, 2.75) is 65.8 Å². The van der Waals surface area contributed by atoms with Crippen LogP contribution in [0, 0.1) is 6.92 Å². The standard InChI is InChI=1S/C15H27N3OS/c1-6-13-9-19-11(4)8-18(13)15-17-12(5)14(20-15)7-16-10(2)3/h10-11,13,16H,6-9H2,1-5H3. The van der Waals surface area contributed by atoms with E-state index in [1.54, 1.807) is 0 Å². The molecule has 2 atom stereocenters. The Balaban J connectivity index is 2.12. The smallest absolute Gasteiger partial charge is 0.186 e. The van der Waals surface area contributed by atoms with Crippen molar-refractivity contribution in [2.75, 3.05) is 18.1 Å². The van der Waals surface area contributed by atoms with Crippen LogP contribution in [0.2, 0.25) is 0 Å². The van der Waals surface area contributed by atoms with E-state index in [4.69, 9.17) is 9.72 Å². The average molecular weight is 297 g/mol. The van der Waals surface area contributed by atoms with Crippen molar-refractivity contribution < 1.29 is 4.74 Å². The molecule has 0 aromatic carbocycles. The number of morpholine rings is 1. The minimum Gasteiger partial charge on any atom is -0.375 e. The monoisotopic (exact) mass is 297 g/mol. The highest BCUT2D eigenvalue weighted by molar-refractivity contribution is 7.15. The summed E-state index contributed by atoms with van der Waals surface area (Å²) in [5.74, 6) is 0. The number of thiazole rings is 1. The summed E-state index contributed by atoms with van der Waals surface area (Å²) in [5, 5.41) is 4.64. The van der Waals surface area contributed by atoms with Crippen molar-refractivity contribution >= 4 is 16.5 Å². The molecule has 0 saturated carbocycles. The van der Waals surface area contributed by atoms with E-state index < -0.39 is 0 Å². The van der Waals surface area contributed by atoms with E-state index in [9.17, 15) is 0 Å². The quantitative estimate of drug-likeness (QED) is 0.907. The number of aryl methyl sites for hydroxylation is 1. The van der Waals surface area contributed by atoms with Crippen molar-refractivity contribution in [3.63, 3.8) is 0 Å². The zero-order valence-electron chi connectivity index (χ0n) is 13.3. The SMILES string of the molecule is CCC1COC(C)CN1c1nc(C)c(CNC(C)C)s1. The second-order valence-corrected chi connectivity index (χ2v) is 6.96. The molecule has 1 N–H and O–H groups in total. The van der Waals surface area contributed by atoms with E-state index in [-0.39, 0.29) is 0 Å². The lowest BCUT2D eigenvalue weighted by molar-refractivity contribution is 0.0299. The van der Waals surface area contributed by atoms with E-state index in [0.717, 1.165) is 36.9 Å². The van der Waals surface area contributed by atoms with Gasteiger partial charge < -0.3 is 15.0 Å². The Kier molecular flexibility index (Phi) is 5.41. The minimum absolute atomic E-state index is 0.291. The Bertz CT molecular complexity index is 433. The van der Waals surface area contributed by atoms with E-state index in [1.165, 1.54) is 4.88 Å². The summed E-state index contributed by atoms with van der Waals surface area (Å²) in [6.07, 6.45) is 1.39. The topological polar surface area (TPSA) is 37.4 Å². The zero-order valence-corrected chi connectivity index (χ0v) is 14.1. The molecule has 1 saturated heterocycles. The van der Waals surface area contributed by atoms with Crippen LogP contribution in [0.1, 0.15) is 44.7 Å². The Morgan fingerprint density at radius 2 is 2.25 bits per heavy atom. The van der Waals surface area contributed by atoms with Crippen LogP contribution < -0.4 is 10.2 Å². The first-order valence-electron chi connectivity index (χ1n) is 7.59. The molecule has 0 bridgehead atoms. The van der Waals surface area contributed by atoms with Crippen LogP contribution in [0.5, 0.6) is 0 Å². The molecule has 0 amide bonds. The number of nitrogens with zero attached hydrogens (tertiary/aromatic N) is 2. The van der Waals surface area contributed by atoms with Crippen LogP contribution >= 0.6 is 11.3 Å². The second kappa shape index (κ2) is 6.87. The van der Waals surface area contributed by atoms with Gasteiger partial charge in [0, 0.05) is 24.0 Å². The lowest BCUT2D eigenvalue weighted by Crippen LogP contribution is -2.48. The van der Waals surface area contributed by atoms with Crippen molar-refractivity contribution in [1.29, 1.82) is 0 Å². The third kappa shape index (κ3) is 3.71. The van der Waals surface area contributed by atoms with Crippen LogP contribution in [0.4, 0.5) is 5.13 Å². The van der Waals surface area contributed by atoms with Crippen molar-refractivity contribution in [2.24, 2.45) is 0 Å². The Labute approximate surface area is 126 Å². The van der Waals surface area contributed by atoms with E-state index in [0.29, 0.717) is 18.2 Å². The van der Waals surface area contributed by atoms with Gasteiger partial charge >= 0.3 is 0 Å². The van der Waals surface area contributed by atoms with Gasteiger partial charge in [-0.05, 0) is 20.3 Å². The van der Waals surface area contributed by atoms with Crippen LogP contribution in [-0.2, 0) is 11.3 Å². The molecular weight excluding hydrogens is 270 g/mol. The molecule has 1 fully saturated rings. The summed E-state index contributed by atoms with van der Waals surface area (Å²) >= 11 is 1.83. The van der Waals surface area contributed by atoms with Crippen molar-refractivity contribution in [3.8, 4) is 0 Å². The summed E-state index contributed by atoms with van der Waals surface area (Å²) < 4.78 is 5.77. The molecule has 114 valence electrons. The molecular formula is C15H27N3OS. The summed E-state index contributed by atoms with van der Waals surface area (Å²) in [5.41, 5.74) is 1.16. The van der Waals surface area contributed by atoms with Gasteiger partial charge in [-0.2, -0.15) is 0 Å². The molecule has 20 heavy (non-hydrogen) atoms. The third-order valence-corrected chi connectivity index (χ3v) is 4.93. The number of hydrogen-bond acceptors (Lipinski definition) is 5. The average Bonchev–Trinajstić information content (AvgIpc) is 2.77. The number of hydrogen-bond donors (Lipinski definition) is 1. The number of anilines is 1. The van der Waals surface area contributed by atoms with Gasteiger partial charge in [-0.1, -0.05) is 20.8 Å². The lowest BCUT2D eigenvalue weighted by Gasteiger charge is -2.38. The highest BCUT2D eigenvalue weighted by Crippen LogP contribution is 2.30. The molecule has 0 spiro atoms. The summed E-state index contributed by atoms with van der Waals surface area (Å²) in [6.45, 7) is 13.5. The maximum atomic E-state index is 5.77. The van der Waals surface area contributed by atoms with Gasteiger partial charge in [0.25, 0.3) is 0 Å². The number of nitrogens with one attached hydrogen (secondary N) is 1. The highest BCUT2D eigenvalue weighted by Gasteiger charge is 2.28. The number of rotatable bonds is 5. The first kappa shape index (κ1) is 15.7. The van der Waals surface area contributed by atoms with Crippen LogP contribution in [0.25, 0.3) is 0 Å². The summed E-state index contributed by atoms with van der Waals surface area (Å²) in [6, 6.07) is 0.967. The fourth-order valence-corrected chi connectivity index (χ4v) is 3.51. The second-order valence-electron chi connectivity index (χ2n) is 5.90. The van der Waals surface area contributed by atoms with Crippen LogP contribution in [-0.4, -0.2) is 36.3 Å². The van der Waals surface area contributed by atoms with Gasteiger partial charge in [0.15, 0.2) is 5.13 Å². The molecule has 2 unspecified atom stereocenters. The largest absolute Gasteiger partial charge is 0.375 e. The van der Waals surface area contributed by atoms with Crippen LogP contribution in [0.3, 0.4) is 0 Å². The summed E-state index contributed by atoms with van der Waals surface area (Å²) in [7, 11) is 0. The Morgan fingerprint density at radius 1 is 1.50 bits per heavy atom. The van der Waals surface area contributed by atoms with Gasteiger partial charge in [-0.25, -0.2) is 4.98 Å². The van der Waals surface area contributed by atoms with Gasteiger partial charge in [-0.15, -0.1) is 11.3 Å². The Hall–Kier alpha value is -0.650. The molecule has 1 aliphatic rings. The normalized spacial score (nSPS) is 23.6. The number of ether oxygens (including phenoxy) is 1. The van der Waals surface area contributed by atoms with E-state index in [2.05, 4.69) is 44.8 Å². The molecule has 4 nitrogen and oxygen atoms in total. The molecule has 2 heterocycles. The molecule has 2 rings (SSSR count). The zero-order chi connectivity index (χ0) is 14.7. The number of aromatic nitrogens is 1. The first-order valence-corrected chi connectivity index (χ1v) is 8.40. The van der Waals surface area contributed by atoms with Gasteiger partial charge in [0.1, 0.15) is 0 Å².